The van der Waals surface area contributed by atoms with Crippen molar-refractivity contribution in [2.24, 2.45) is 0 Å². The molecule has 1 aromatic heterocycles. The number of rotatable bonds is 3. The molecule has 0 fully saturated rings. The van der Waals surface area contributed by atoms with Crippen molar-refractivity contribution in [3.8, 4) is 0 Å². The number of hydrogen-bond donors (Lipinski definition) is 1. The molecule has 3 nitrogen and oxygen atoms in total. The minimum absolute atomic E-state index is 0.0540. The lowest BCUT2D eigenvalue weighted by atomic mass is 10.2. The van der Waals surface area contributed by atoms with E-state index in [9.17, 15) is 17.6 Å². The van der Waals surface area contributed by atoms with Crippen LogP contribution in [0.15, 0.2) is 30.3 Å². The number of hydrogen-bond acceptors (Lipinski definition) is 3. The molecule has 1 heterocycles. The highest BCUT2D eigenvalue weighted by Crippen LogP contribution is 2.28. The van der Waals surface area contributed by atoms with Gasteiger partial charge in [0.05, 0.1) is 0 Å². The Bertz CT molecular complexity index is 599. The maximum atomic E-state index is 12.7. The molecule has 1 N–H and O–H groups in total. The predicted octanol–water partition coefficient (Wildman–Crippen LogP) is 3.90. The molecule has 0 amide bonds. The quantitative estimate of drug-likeness (QED) is 0.690. The molecule has 0 atom stereocenters. The number of aromatic nitrogens is 2. The lowest BCUT2D eigenvalue weighted by Crippen LogP contribution is -2.13. The van der Waals surface area contributed by atoms with Crippen LogP contribution in [0.5, 0.6) is 0 Å². The summed E-state index contributed by atoms with van der Waals surface area (Å²) in [5.74, 6) is -1.76. The molecule has 2 rings (SSSR count). The molecule has 0 saturated carbocycles. The van der Waals surface area contributed by atoms with Crippen LogP contribution >= 0.6 is 11.6 Å². The molecule has 0 saturated heterocycles. The molecule has 0 unspecified atom stereocenters. The summed E-state index contributed by atoms with van der Waals surface area (Å²) in [4.78, 5) is 6.44. The Morgan fingerprint density at radius 3 is 2.35 bits per heavy atom. The zero-order valence-electron chi connectivity index (χ0n) is 9.88. The van der Waals surface area contributed by atoms with E-state index in [1.54, 1.807) is 0 Å². The number of nitrogens with one attached hydrogen (secondary N) is 1. The summed E-state index contributed by atoms with van der Waals surface area (Å²) in [5, 5.41) is 2.36. The van der Waals surface area contributed by atoms with E-state index in [2.05, 4.69) is 15.3 Å². The van der Waals surface area contributed by atoms with Gasteiger partial charge in [-0.2, -0.15) is 13.2 Å². The highest BCUT2D eigenvalue weighted by atomic mass is 35.5. The minimum atomic E-state index is -4.67. The van der Waals surface area contributed by atoms with Crippen molar-refractivity contribution >= 4 is 17.4 Å². The first-order valence-electron chi connectivity index (χ1n) is 5.45. The van der Waals surface area contributed by atoms with Gasteiger partial charge in [0.25, 0.3) is 0 Å². The van der Waals surface area contributed by atoms with Gasteiger partial charge in [-0.3, -0.25) is 0 Å². The van der Waals surface area contributed by atoms with Crippen molar-refractivity contribution in [2.45, 2.75) is 12.7 Å². The van der Waals surface area contributed by atoms with Gasteiger partial charge in [0, 0.05) is 12.6 Å². The van der Waals surface area contributed by atoms with E-state index in [4.69, 9.17) is 11.6 Å². The average Bonchev–Trinajstić information content (AvgIpc) is 2.36. The maximum Gasteiger partial charge on any atom is 0.451 e. The van der Waals surface area contributed by atoms with E-state index in [1.165, 1.54) is 30.3 Å². The molecule has 0 bridgehead atoms. The molecule has 0 aliphatic heterocycles. The van der Waals surface area contributed by atoms with E-state index >= 15 is 0 Å². The van der Waals surface area contributed by atoms with Crippen molar-refractivity contribution < 1.29 is 17.6 Å². The average molecular weight is 306 g/mol. The second-order valence-corrected chi connectivity index (χ2v) is 4.26. The molecule has 20 heavy (non-hydrogen) atoms. The summed E-state index contributed by atoms with van der Waals surface area (Å²) in [7, 11) is 0. The molecule has 106 valence electrons. The largest absolute Gasteiger partial charge is 0.451 e. The highest BCUT2D eigenvalue weighted by Gasteiger charge is 2.35. The number of anilines is 1. The van der Waals surface area contributed by atoms with Crippen LogP contribution in [0.2, 0.25) is 5.15 Å². The van der Waals surface area contributed by atoms with Gasteiger partial charge in [0.15, 0.2) is 0 Å². The van der Waals surface area contributed by atoms with Crippen LogP contribution in [-0.2, 0) is 12.7 Å². The van der Waals surface area contributed by atoms with E-state index in [1.807, 2.05) is 0 Å². The molecule has 0 spiro atoms. The number of benzene rings is 1. The Labute approximate surface area is 116 Å². The summed E-state index contributed by atoms with van der Waals surface area (Å²) < 4.78 is 50.2. The molecule has 0 aliphatic carbocycles. The van der Waals surface area contributed by atoms with Crippen LogP contribution in [-0.4, -0.2) is 9.97 Å². The van der Waals surface area contributed by atoms with Crippen molar-refractivity contribution in [3.05, 3.63) is 52.7 Å². The topological polar surface area (TPSA) is 37.8 Å². The first-order valence-corrected chi connectivity index (χ1v) is 5.82. The van der Waals surface area contributed by atoms with Crippen LogP contribution in [0.4, 0.5) is 23.4 Å². The zero-order chi connectivity index (χ0) is 14.8. The maximum absolute atomic E-state index is 12.7. The number of alkyl halides is 3. The molecule has 0 radical (unpaired) electrons. The first kappa shape index (κ1) is 14.5. The highest BCUT2D eigenvalue weighted by molar-refractivity contribution is 6.29. The van der Waals surface area contributed by atoms with E-state index < -0.39 is 17.8 Å². The lowest BCUT2D eigenvalue weighted by molar-refractivity contribution is -0.144. The molecular formula is C12H8ClF4N3. The fourth-order valence-corrected chi connectivity index (χ4v) is 1.61. The predicted molar refractivity (Wildman–Crippen MR) is 65.8 cm³/mol. The van der Waals surface area contributed by atoms with Gasteiger partial charge in [0.1, 0.15) is 16.8 Å². The van der Waals surface area contributed by atoms with Gasteiger partial charge < -0.3 is 5.32 Å². The first-order chi connectivity index (χ1) is 9.34. The zero-order valence-corrected chi connectivity index (χ0v) is 10.6. The SMILES string of the molecule is Fc1ccc(CNc2cc(Cl)nc(C(F)(F)F)n2)cc1. The fourth-order valence-electron chi connectivity index (χ4n) is 1.43. The monoisotopic (exact) mass is 305 g/mol. The third-order valence-electron chi connectivity index (χ3n) is 2.34. The van der Waals surface area contributed by atoms with E-state index in [0.717, 1.165) is 0 Å². The van der Waals surface area contributed by atoms with Crippen molar-refractivity contribution in [1.82, 2.24) is 9.97 Å². The Hall–Kier alpha value is -1.89. The van der Waals surface area contributed by atoms with Gasteiger partial charge in [-0.15, -0.1) is 0 Å². The third-order valence-corrected chi connectivity index (χ3v) is 2.53. The molecule has 8 heteroatoms. The van der Waals surface area contributed by atoms with Gasteiger partial charge >= 0.3 is 6.18 Å². The molecule has 1 aromatic carbocycles. The molecule has 0 aliphatic rings. The fraction of sp³-hybridized carbons (Fsp3) is 0.167. The van der Waals surface area contributed by atoms with Crippen LogP contribution in [0.25, 0.3) is 0 Å². The normalized spacial score (nSPS) is 11.4. The minimum Gasteiger partial charge on any atom is -0.366 e. The Kier molecular flexibility index (Phi) is 4.08. The number of halogens is 5. The smallest absolute Gasteiger partial charge is 0.366 e. The van der Waals surface area contributed by atoms with Crippen LogP contribution in [0, 0.1) is 5.82 Å². The van der Waals surface area contributed by atoms with Crippen LogP contribution in [0.3, 0.4) is 0 Å². The van der Waals surface area contributed by atoms with Crippen molar-refractivity contribution in [1.29, 1.82) is 0 Å². The summed E-state index contributed by atoms with van der Waals surface area (Å²) in [5.41, 5.74) is 0.690. The summed E-state index contributed by atoms with van der Waals surface area (Å²) >= 11 is 5.52. The molecule has 2 aromatic rings. The van der Waals surface area contributed by atoms with Gasteiger partial charge in [-0.1, -0.05) is 23.7 Å². The third kappa shape index (κ3) is 3.80. The Balaban J connectivity index is 2.13. The lowest BCUT2D eigenvalue weighted by Gasteiger charge is -2.09. The van der Waals surface area contributed by atoms with Crippen LogP contribution < -0.4 is 5.32 Å². The second-order valence-electron chi connectivity index (χ2n) is 3.88. The van der Waals surface area contributed by atoms with E-state index in [0.29, 0.717) is 5.56 Å². The van der Waals surface area contributed by atoms with Crippen molar-refractivity contribution in [2.75, 3.05) is 5.32 Å². The van der Waals surface area contributed by atoms with Gasteiger partial charge in [-0.25, -0.2) is 14.4 Å². The van der Waals surface area contributed by atoms with Gasteiger partial charge in [-0.05, 0) is 17.7 Å². The number of nitrogens with zero attached hydrogens (tertiary/aromatic N) is 2. The van der Waals surface area contributed by atoms with Crippen molar-refractivity contribution in [3.63, 3.8) is 0 Å². The van der Waals surface area contributed by atoms with E-state index in [-0.39, 0.29) is 17.5 Å². The van der Waals surface area contributed by atoms with Gasteiger partial charge in [0.2, 0.25) is 5.82 Å². The second kappa shape index (κ2) is 5.62. The molecular weight excluding hydrogens is 298 g/mol. The van der Waals surface area contributed by atoms with Crippen LogP contribution in [0.1, 0.15) is 11.4 Å². The summed E-state index contributed by atoms with van der Waals surface area (Å²) in [6.45, 7) is 0.185. The summed E-state index contributed by atoms with van der Waals surface area (Å²) in [6.07, 6.45) is -4.67. The standard InChI is InChI=1S/C12H8ClF4N3/c13-9-5-10(20-11(19-9)12(15,16)17)18-6-7-1-3-8(14)4-2-7/h1-5H,6H2,(H,18,19,20). The Morgan fingerprint density at radius 1 is 1.10 bits per heavy atom. The summed E-state index contributed by atoms with van der Waals surface area (Å²) in [6, 6.07) is 6.71. The Morgan fingerprint density at radius 2 is 1.75 bits per heavy atom.